The Hall–Kier alpha value is -0.460. The molecule has 0 bridgehead atoms. The van der Waals surface area contributed by atoms with Gasteiger partial charge in [0.2, 0.25) is 0 Å². The van der Waals surface area contributed by atoms with Crippen LogP contribution in [0.5, 0.6) is 0 Å². The predicted molar refractivity (Wildman–Crippen MR) is 49.4 cm³/mol. The van der Waals surface area contributed by atoms with Crippen molar-refractivity contribution in [3.05, 3.63) is 12.3 Å². The van der Waals surface area contributed by atoms with E-state index in [0.717, 1.165) is 6.42 Å². The Morgan fingerprint density at radius 1 is 1.36 bits per heavy atom. The van der Waals surface area contributed by atoms with E-state index in [0.29, 0.717) is 5.41 Å². The Morgan fingerprint density at radius 2 is 1.91 bits per heavy atom. The van der Waals surface area contributed by atoms with Crippen molar-refractivity contribution >= 4 is 0 Å². The van der Waals surface area contributed by atoms with Crippen molar-refractivity contribution in [1.82, 2.24) is 4.90 Å². The minimum atomic E-state index is 0.396. The molecular formula is C10H19N. The van der Waals surface area contributed by atoms with E-state index in [1.165, 1.54) is 25.2 Å². The Morgan fingerprint density at radius 3 is 2.18 bits per heavy atom. The molecule has 1 nitrogen and oxygen atoms in total. The topological polar surface area (TPSA) is 3.24 Å². The Bertz CT molecular complexity index is 149. The summed E-state index contributed by atoms with van der Waals surface area (Å²) in [6.45, 7) is 13.3. The Labute approximate surface area is 70.1 Å². The van der Waals surface area contributed by atoms with E-state index in [2.05, 4.69) is 32.3 Å². The zero-order valence-corrected chi connectivity index (χ0v) is 7.98. The van der Waals surface area contributed by atoms with Crippen molar-refractivity contribution in [1.29, 1.82) is 0 Å². The van der Waals surface area contributed by atoms with Gasteiger partial charge in [0.25, 0.3) is 0 Å². The molecule has 1 heteroatoms. The van der Waals surface area contributed by atoms with Gasteiger partial charge in [0.1, 0.15) is 0 Å². The Kier molecular flexibility index (Phi) is 2.26. The lowest BCUT2D eigenvalue weighted by Gasteiger charge is -2.37. The van der Waals surface area contributed by atoms with Gasteiger partial charge < -0.3 is 4.90 Å². The molecule has 1 aliphatic rings. The molecule has 64 valence electrons. The second kappa shape index (κ2) is 2.88. The van der Waals surface area contributed by atoms with E-state index in [1.54, 1.807) is 0 Å². The van der Waals surface area contributed by atoms with E-state index < -0.39 is 0 Å². The van der Waals surface area contributed by atoms with Gasteiger partial charge in [-0.05, 0) is 18.3 Å². The summed E-state index contributed by atoms with van der Waals surface area (Å²) in [4.78, 5) is 2.38. The summed E-state index contributed by atoms with van der Waals surface area (Å²) in [6.07, 6.45) is 2.48. The molecule has 0 spiro atoms. The number of rotatable bonds is 2. The van der Waals surface area contributed by atoms with Gasteiger partial charge >= 0.3 is 0 Å². The van der Waals surface area contributed by atoms with Crippen molar-refractivity contribution < 1.29 is 0 Å². The van der Waals surface area contributed by atoms with Crippen molar-refractivity contribution in [3.8, 4) is 0 Å². The first-order valence-electron chi connectivity index (χ1n) is 4.42. The molecular weight excluding hydrogens is 134 g/mol. The highest BCUT2D eigenvalue weighted by Crippen LogP contribution is 2.27. The summed E-state index contributed by atoms with van der Waals surface area (Å²) < 4.78 is 0. The lowest BCUT2D eigenvalue weighted by Crippen LogP contribution is -2.36. The van der Waals surface area contributed by atoms with Crippen LogP contribution in [0.1, 0.15) is 33.6 Å². The first kappa shape index (κ1) is 8.63. The second-order valence-electron chi connectivity index (χ2n) is 4.64. The normalized spacial score (nSPS) is 17.9. The molecule has 0 amide bonds. The van der Waals surface area contributed by atoms with Crippen molar-refractivity contribution in [3.63, 3.8) is 0 Å². The van der Waals surface area contributed by atoms with Crippen LogP contribution in [0.4, 0.5) is 0 Å². The van der Waals surface area contributed by atoms with Crippen molar-refractivity contribution in [2.24, 2.45) is 5.41 Å². The maximum Gasteiger partial charge on any atom is 0.0191 e. The molecule has 0 saturated carbocycles. The highest BCUT2D eigenvalue weighted by Gasteiger charge is 2.19. The number of hydrogen-bond donors (Lipinski definition) is 0. The first-order valence-corrected chi connectivity index (χ1v) is 4.42. The van der Waals surface area contributed by atoms with Crippen LogP contribution in [0.2, 0.25) is 0 Å². The summed E-state index contributed by atoms with van der Waals surface area (Å²) in [7, 11) is 0. The smallest absolute Gasteiger partial charge is 0.0191 e. The van der Waals surface area contributed by atoms with E-state index in [1.807, 2.05) is 0 Å². The third kappa shape index (κ3) is 2.57. The zero-order chi connectivity index (χ0) is 8.48. The van der Waals surface area contributed by atoms with Crippen LogP contribution in [0.25, 0.3) is 0 Å². The van der Waals surface area contributed by atoms with Gasteiger partial charge in [-0.25, -0.2) is 0 Å². The molecule has 0 N–H and O–H groups in total. The predicted octanol–water partition coefficient (Wildman–Crippen LogP) is 2.64. The van der Waals surface area contributed by atoms with Gasteiger partial charge in [-0.15, -0.1) is 0 Å². The molecule has 0 radical (unpaired) electrons. The van der Waals surface area contributed by atoms with E-state index in [9.17, 15) is 0 Å². The summed E-state index contributed by atoms with van der Waals surface area (Å²) in [5.41, 5.74) is 1.72. The molecule has 1 aliphatic heterocycles. The zero-order valence-electron chi connectivity index (χ0n) is 7.98. The lowest BCUT2D eigenvalue weighted by atomic mass is 9.90. The van der Waals surface area contributed by atoms with Gasteiger partial charge in [0.15, 0.2) is 0 Å². The molecule has 0 unspecified atom stereocenters. The summed E-state index contributed by atoms with van der Waals surface area (Å²) >= 11 is 0. The largest absolute Gasteiger partial charge is 0.375 e. The SMILES string of the molecule is C=C(CC(C)(C)C)N1CCC1. The maximum absolute atomic E-state index is 4.09. The van der Waals surface area contributed by atoms with Crippen LogP contribution in [0.3, 0.4) is 0 Å². The highest BCUT2D eigenvalue weighted by atomic mass is 15.2. The van der Waals surface area contributed by atoms with Crippen molar-refractivity contribution in [2.45, 2.75) is 33.6 Å². The van der Waals surface area contributed by atoms with Crippen LogP contribution in [-0.4, -0.2) is 18.0 Å². The van der Waals surface area contributed by atoms with Crippen LogP contribution < -0.4 is 0 Å². The van der Waals surface area contributed by atoms with Crippen molar-refractivity contribution in [2.75, 3.05) is 13.1 Å². The average molecular weight is 153 g/mol. The van der Waals surface area contributed by atoms with E-state index >= 15 is 0 Å². The molecule has 0 atom stereocenters. The lowest BCUT2D eigenvalue weighted by molar-refractivity contribution is 0.211. The summed E-state index contributed by atoms with van der Waals surface area (Å²) in [6, 6.07) is 0. The molecule has 11 heavy (non-hydrogen) atoms. The van der Waals surface area contributed by atoms with Gasteiger partial charge in [-0.1, -0.05) is 27.4 Å². The number of hydrogen-bond acceptors (Lipinski definition) is 1. The molecule has 1 heterocycles. The fourth-order valence-electron chi connectivity index (χ4n) is 1.36. The molecule has 0 aliphatic carbocycles. The molecule has 0 aromatic heterocycles. The molecule has 1 saturated heterocycles. The Balaban J connectivity index is 2.31. The quantitative estimate of drug-likeness (QED) is 0.589. The molecule has 1 rings (SSSR count). The fraction of sp³-hybridized carbons (Fsp3) is 0.800. The van der Waals surface area contributed by atoms with Crippen LogP contribution in [-0.2, 0) is 0 Å². The number of nitrogens with zero attached hydrogens (tertiary/aromatic N) is 1. The third-order valence-corrected chi connectivity index (χ3v) is 2.04. The molecule has 0 aromatic rings. The van der Waals surface area contributed by atoms with Gasteiger partial charge in [0.05, 0.1) is 0 Å². The second-order valence-corrected chi connectivity index (χ2v) is 4.64. The summed E-state index contributed by atoms with van der Waals surface area (Å²) in [5.74, 6) is 0. The minimum absolute atomic E-state index is 0.396. The van der Waals surface area contributed by atoms with Gasteiger partial charge in [-0.3, -0.25) is 0 Å². The monoisotopic (exact) mass is 153 g/mol. The standard InChI is InChI=1S/C10H19N/c1-9(8-10(2,3)4)11-6-5-7-11/h1,5-8H2,2-4H3. The third-order valence-electron chi connectivity index (χ3n) is 2.04. The fourth-order valence-corrected chi connectivity index (χ4v) is 1.36. The van der Waals surface area contributed by atoms with Crippen LogP contribution in [0.15, 0.2) is 12.3 Å². The maximum atomic E-state index is 4.09. The van der Waals surface area contributed by atoms with Gasteiger partial charge in [-0.2, -0.15) is 0 Å². The van der Waals surface area contributed by atoms with E-state index in [-0.39, 0.29) is 0 Å². The van der Waals surface area contributed by atoms with E-state index in [4.69, 9.17) is 0 Å². The molecule has 1 fully saturated rings. The first-order chi connectivity index (χ1) is 4.99. The van der Waals surface area contributed by atoms with Crippen LogP contribution >= 0.6 is 0 Å². The number of allylic oxidation sites excluding steroid dienone is 1. The van der Waals surface area contributed by atoms with Crippen LogP contribution in [0, 0.1) is 5.41 Å². The van der Waals surface area contributed by atoms with Gasteiger partial charge in [0, 0.05) is 18.8 Å². The molecule has 0 aromatic carbocycles. The average Bonchev–Trinajstić information content (AvgIpc) is 1.50. The minimum Gasteiger partial charge on any atom is -0.375 e. The summed E-state index contributed by atoms with van der Waals surface area (Å²) in [5, 5.41) is 0. The number of likely N-dealkylation sites (tertiary alicyclic amines) is 1. The highest BCUT2D eigenvalue weighted by molar-refractivity contribution is 5.00.